The molecule has 1 fully saturated rings. The lowest BCUT2D eigenvalue weighted by molar-refractivity contribution is -0.937. The fourth-order valence-corrected chi connectivity index (χ4v) is 3.79. The van der Waals surface area contributed by atoms with E-state index in [1.165, 1.54) is 10.5 Å². The van der Waals surface area contributed by atoms with Crippen molar-refractivity contribution in [2.75, 3.05) is 39.6 Å². The molecule has 0 bridgehead atoms. The first-order valence-electron chi connectivity index (χ1n) is 9.79. The summed E-state index contributed by atoms with van der Waals surface area (Å²) in [6, 6.07) is 12.0. The van der Waals surface area contributed by atoms with Crippen LogP contribution in [0.4, 0.5) is 0 Å². The molecular formula is C22H27N2O4+. The number of carbonyl (C=O) groups is 1. The summed E-state index contributed by atoms with van der Waals surface area (Å²) in [5.74, 6) is 1.51. The Hall–Kier alpha value is -2.57. The Bertz CT molecular complexity index is 862. The topological polar surface area (TPSA) is 61.2 Å². The summed E-state index contributed by atoms with van der Waals surface area (Å²) >= 11 is 0. The molecular weight excluding hydrogens is 356 g/mol. The molecule has 2 heterocycles. The second-order valence-electron chi connectivity index (χ2n) is 7.44. The van der Waals surface area contributed by atoms with E-state index in [-0.39, 0.29) is 18.7 Å². The molecule has 2 N–H and O–H groups in total. The van der Waals surface area contributed by atoms with Gasteiger partial charge in [0.1, 0.15) is 19.1 Å². The van der Waals surface area contributed by atoms with E-state index in [1.54, 1.807) is 0 Å². The fourth-order valence-electron chi connectivity index (χ4n) is 3.79. The lowest BCUT2D eigenvalue weighted by atomic mass is 10.0. The summed E-state index contributed by atoms with van der Waals surface area (Å²) in [4.78, 5) is 14.1. The van der Waals surface area contributed by atoms with E-state index in [9.17, 15) is 4.79 Å². The summed E-state index contributed by atoms with van der Waals surface area (Å²) in [6.07, 6.45) is 0. The first kappa shape index (κ1) is 18.8. The molecule has 1 amide bonds. The molecule has 0 saturated carbocycles. The summed E-state index contributed by atoms with van der Waals surface area (Å²) in [7, 11) is 0. The monoisotopic (exact) mass is 383 g/mol. The Balaban J connectivity index is 1.52. The number of quaternary nitrogens is 1. The number of morpholine rings is 1. The number of nitrogens with one attached hydrogen (secondary N) is 2. The molecule has 0 radical (unpaired) electrons. The third-order valence-corrected chi connectivity index (χ3v) is 5.66. The second kappa shape index (κ2) is 8.20. The third-order valence-electron chi connectivity index (χ3n) is 5.66. The summed E-state index contributed by atoms with van der Waals surface area (Å²) in [6.45, 7) is 8.20. The number of benzene rings is 2. The number of fused-ring (bicyclic) bond motifs is 1. The van der Waals surface area contributed by atoms with Crippen molar-refractivity contribution in [2.24, 2.45) is 0 Å². The minimum Gasteiger partial charge on any atom is -0.454 e. The van der Waals surface area contributed by atoms with Crippen molar-refractivity contribution in [3.8, 4) is 11.5 Å². The summed E-state index contributed by atoms with van der Waals surface area (Å²) in [5.41, 5.74) is 4.15. The van der Waals surface area contributed by atoms with Gasteiger partial charge in [-0.2, -0.15) is 0 Å². The van der Waals surface area contributed by atoms with E-state index in [0.29, 0.717) is 12.1 Å². The van der Waals surface area contributed by atoms with Crippen LogP contribution in [0.5, 0.6) is 11.5 Å². The van der Waals surface area contributed by atoms with Crippen LogP contribution in [0.25, 0.3) is 0 Å². The standard InChI is InChI=1S/C22H26N2O4/c1-15-3-4-18(11-16(15)2)22(25)23-13-19(24-7-9-26-10-8-24)17-5-6-20-21(12-17)28-14-27-20/h3-6,11-12,19H,7-10,13-14H2,1-2H3,(H,23,25)/p+1/t19-/m1/s1. The van der Waals surface area contributed by atoms with Crippen LogP contribution in [-0.4, -0.2) is 45.5 Å². The van der Waals surface area contributed by atoms with Gasteiger partial charge in [0.2, 0.25) is 6.79 Å². The quantitative estimate of drug-likeness (QED) is 0.820. The zero-order chi connectivity index (χ0) is 19.5. The van der Waals surface area contributed by atoms with Gasteiger partial charge in [0.25, 0.3) is 5.91 Å². The number of amides is 1. The number of carbonyl (C=O) groups excluding carboxylic acids is 1. The molecule has 0 aliphatic carbocycles. The molecule has 6 nitrogen and oxygen atoms in total. The van der Waals surface area contributed by atoms with Crippen molar-refractivity contribution in [3.05, 3.63) is 58.7 Å². The highest BCUT2D eigenvalue weighted by molar-refractivity contribution is 5.94. The molecule has 2 aromatic carbocycles. The summed E-state index contributed by atoms with van der Waals surface area (Å²) < 4.78 is 16.5. The maximum atomic E-state index is 12.7. The number of ether oxygens (including phenoxy) is 3. The van der Waals surface area contributed by atoms with Crippen LogP contribution in [0.15, 0.2) is 36.4 Å². The van der Waals surface area contributed by atoms with Gasteiger partial charge in [-0.3, -0.25) is 4.79 Å². The Morgan fingerprint density at radius 1 is 1.04 bits per heavy atom. The number of hydrogen-bond acceptors (Lipinski definition) is 4. The van der Waals surface area contributed by atoms with E-state index >= 15 is 0 Å². The maximum absolute atomic E-state index is 12.7. The Kier molecular flexibility index (Phi) is 5.50. The lowest BCUT2D eigenvalue weighted by Crippen LogP contribution is -3.15. The molecule has 1 saturated heterocycles. The van der Waals surface area contributed by atoms with Crippen molar-refractivity contribution in [3.63, 3.8) is 0 Å². The molecule has 4 rings (SSSR count). The van der Waals surface area contributed by atoms with Crippen molar-refractivity contribution in [1.29, 1.82) is 0 Å². The van der Waals surface area contributed by atoms with E-state index in [0.717, 1.165) is 48.9 Å². The van der Waals surface area contributed by atoms with Crippen LogP contribution >= 0.6 is 0 Å². The molecule has 2 aromatic rings. The highest BCUT2D eigenvalue weighted by Gasteiger charge is 2.28. The van der Waals surface area contributed by atoms with Gasteiger partial charge in [-0.25, -0.2) is 0 Å². The number of rotatable bonds is 5. The molecule has 0 aromatic heterocycles. The zero-order valence-corrected chi connectivity index (χ0v) is 16.4. The van der Waals surface area contributed by atoms with Gasteiger partial charge in [0, 0.05) is 11.1 Å². The van der Waals surface area contributed by atoms with Crippen LogP contribution in [0.2, 0.25) is 0 Å². The highest BCUT2D eigenvalue weighted by Crippen LogP contribution is 2.33. The number of aryl methyl sites for hydroxylation is 2. The Morgan fingerprint density at radius 3 is 2.61 bits per heavy atom. The molecule has 28 heavy (non-hydrogen) atoms. The van der Waals surface area contributed by atoms with Crippen molar-refractivity contribution >= 4 is 5.91 Å². The van der Waals surface area contributed by atoms with E-state index in [2.05, 4.69) is 18.3 Å². The molecule has 2 aliphatic rings. The van der Waals surface area contributed by atoms with Crippen LogP contribution < -0.4 is 19.7 Å². The molecule has 6 heteroatoms. The largest absolute Gasteiger partial charge is 0.454 e. The molecule has 0 unspecified atom stereocenters. The van der Waals surface area contributed by atoms with Gasteiger partial charge < -0.3 is 24.4 Å². The average Bonchev–Trinajstić information content (AvgIpc) is 3.19. The zero-order valence-electron chi connectivity index (χ0n) is 16.4. The van der Waals surface area contributed by atoms with Gasteiger partial charge in [-0.15, -0.1) is 0 Å². The third kappa shape index (κ3) is 3.98. The average molecular weight is 383 g/mol. The first-order chi connectivity index (χ1) is 13.6. The molecule has 148 valence electrons. The normalized spacial score (nSPS) is 17.4. The van der Waals surface area contributed by atoms with E-state index in [1.807, 2.05) is 37.3 Å². The molecule has 2 aliphatic heterocycles. The van der Waals surface area contributed by atoms with Gasteiger partial charge in [-0.1, -0.05) is 6.07 Å². The van der Waals surface area contributed by atoms with E-state index in [4.69, 9.17) is 14.2 Å². The summed E-state index contributed by atoms with van der Waals surface area (Å²) in [5, 5.41) is 3.14. The fraction of sp³-hybridized carbons (Fsp3) is 0.409. The smallest absolute Gasteiger partial charge is 0.251 e. The van der Waals surface area contributed by atoms with Crippen molar-refractivity contribution in [1.82, 2.24) is 5.32 Å². The van der Waals surface area contributed by atoms with Crippen molar-refractivity contribution < 1.29 is 23.9 Å². The SMILES string of the molecule is Cc1ccc(C(=O)NC[C@H](c2ccc3c(c2)OCO3)[NH+]2CCOCC2)cc1C. The molecule has 0 spiro atoms. The number of hydrogen-bond donors (Lipinski definition) is 2. The van der Waals surface area contributed by atoms with Gasteiger partial charge in [-0.05, 0) is 55.3 Å². The molecule has 1 atom stereocenters. The second-order valence-corrected chi connectivity index (χ2v) is 7.44. The maximum Gasteiger partial charge on any atom is 0.251 e. The van der Waals surface area contributed by atoms with Crippen LogP contribution in [0.1, 0.15) is 33.1 Å². The predicted molar refractivity (Wildman–Crippen MR) is 105 cm³/mol. The Labute approximate surface area is 165 Å². The van der Waals surface area contributed by atoms with Crippen molar-refractivity contribution in [2.45, 2.75) is 19.9 Å². The van der Waals surface area contributed by atoms with Gasteiger partial charge in [0.15, 0.2) is 11.5 Å². The van der Waals surface area contributed by atoms with Crippen LogP contribution in [0, 0.1) is 13.8 Å². The van der Waals surface area contributed by atoms with Gasteiger partial charge in [0.05, 0.1) is 19.8 Å². The first-order valence-corrected chi connectivity index (χ1v) is 9.79. The minimum absolute atomic E-state index is 0.0403. The highest BCUT2D eigenvalue weighted by atomic mass is 16.7. The lowest BCUT2D eigenvalue weighted by Gasteiger charge is -2.32. The van der Waals surface area contributed by atoms with Crippen LogP contribution in [-0.2, 0) is 4.74 Å². The van der Waals surface area contributed by atoms with Crippen LogP contribution in [0.3, 0.4) is 0 Å². The van der Waals surface area contributed by atoms with E-state index < -0.39 is 0 Å². The Morgan fingerprint density at radius 2 is 1.82 bits per heavy atom. The van der Waals surface area contributed by atoms with Gasteiger partial charge >= 0.3 is 0 Å². The minimum atomic E-state index is -0.0403. The predicted octanol–water partition coefficient (Wildman–Crippen LogP) is 1.42.